The number of oxazole rings is 2. The molecule has 4 aromatic rings. The number of benzene rings is 2. The standard InChI is InChI=1S/C24H25N5O4/c1-15-26-12-22(32-15)19-9-8-17(10-20(19)31-3)28-24-27-13-21(33-24)18-7-5-4-6-16(18)14-29(2)23(30)11-25/h4-10,12-13H,11,14,25H2,1-3H3,(H,27,28). The molecule has 9 nitrogen and oxygen atoms in total. The van der Waals surface area contributed by atoms with Crippen LogP contribution in [0.5, 0.6) is 5.75 Å². The lowest BCUT2D eigenvalue weighted by molar-refractivity contribution is -0.128. The minimum absolute atomic E-state index is 0.0344. The summed E-state index contributed by atoms with van der Waals surface area (Å²) in [7, 11) is 3.31. The van der Waals surface area contributed by atoms with Crippen LogP contribution in [0.1, 0.15) is 11.5 Å². The maximum absolute atomic E-state index is 11.9. The monoisotopic (exact) mass is 447 g/mol. The number of rotatable bonds is 8. The van der Waals surface area contributed by atoms with E-state index < -0.39 is 0 Å². The first-order valence-electron chi connectivity index (χ1n) is 10.3. The van der Waals surface area contributed by atoms with Crippen LogP contribution in [0.2, 0.25) is 0 Å². The number of aryl methyl sites for hydroxylation is 1. The molecule has 0 fully saturated rings. The highest BCUT2D eigenvalue weighted by atomic mass is 16.5. The van der Waals surface area contributed by atoms with Gasteiger partial charge in [-0.05, 0) is 17.7 Å². The van der Waals surface area contributed by atoms with E-state index in [9.17, 15) is 4.79 Å². The zero-order chi connectivity index (χ0) is 23.4. The Kier molecular flexibility index (Phi) is 6.41. The fourth-order valence-electron chi connectivity index (χ4n) is 3.44. The smallest absolute Gasteiger partial charge is 0.299 e. The molecule has 2 heterocycles. The van der Waals surface area contributed by atoms with Crippen LogP contribution in [0.25, 0.3) is 22.6 Å². The third-order valence-electron chi connectivity index (χ3n) is 5.14. The molecule has 33 heavy (non-hydrogen) atoms. The van der Waals surface area contributed by atoms with Gasteiger partial charge in [-0.15, -0.1) is 0 Å². The van der Waals surface area contributed by atoms with Crippen molar-refractivity contribution in [2.75, 3.05) is 26.0 Å². The predicted molar refractivity (Wildman–Crippen MR) is 124 cm³/mol. The minimum atomic E-state index is -0.136. The van der Waals surface area contributed by atoms with Crippen molar-refractivity contribution in [1.29, 1.82) is 0 Å². The van der Waals surface area contributed by atoms with E-state index in [1.54, 1.807) is 38.4 Å². The van der Waals surface area contributed by atoms with Gasteiger partial charge < -0.3 is 29.5 Å². The van der Waals surface area contributed by atoms with Crippen LogP contribution in [0.3, 0.4) is 0 Å². The second-order valence-electron chi connectivity index (χ2n) is 7.42. The number of carbonyl (C=O) groups excluding carboxylic acids is 1. The topological polar surface area (TPSA) is 120 Å². The van der Waals surface area contributed by atoms with E-state index in [2.05, 4.69) is 15.3 Å². The summed E-state index contributed by atoms with van der Waals surface area (Å²) >= 11 is 0. The highest BCUT2D eigenvalue weighted by Gasteiger charge is 2.15. The molecule has 0 radical (unpaired) electrons. The Morgan fingerprint density at radius 1 is 1.09 bits per heavy atom. The molecule has 3 N–H and O–H groups in total. The molecule has 0 aliphatic rings. The van der Waals surface area contributed by atoms with Crippen LogP contribution in [-0.2, 0) is 11.3 Å². The third kappa shape index (κ3) is 4.88. The second kappa shape index (κ2) is 9.58. The lowest BCUT2D eigenvalue weighted by atomic mass is 10.1. The third-order valence-corrected chi connectivity index (χ3v) is 5.14. The summed E-state index contributed by atoms with van der Waals surface area (Å²) in [5.41, 5.74) is 8.78. The molecule has 0 unspecified atom stereocenters. The van der Waals surface area contributed by atoms with Crippen molar-refractivity contribution in [3.63, 3.8) is 0 Å². The van der Waals surface area contributed by atoms with Crippen LogP contribution >= 0.6 is 0 Å². The lowest BCUT2D eigenvalue weighted by Crippen LogP contribution is -2.32. The summed E-state index contributed by atoms with van der Waals surface area (Å²) in [6, 6.07) is 13.6. The maximum atomic E-state index is 11.9. The molecular formula is C24H25N5O4. The molecule has 170 valence electrons. The van der Waals surface area contributed by atoms with Crippen molar-refractivity contribution in [2.24, 2.45) is 5.73 Å². The lowest BCUT2D eigenvalue weighted by Gasteiger charge is -2.17. The summed E-state index contributed by atoms with van der Waals surface area (Å²) in [6.07, 6.45) is 3.31. The number of hydrogen-bond acceptors (Lipinski definition) is 8. The van der Waals surface area contributed by atoms with E-state index in [0.717, 1.165) is 22.4 Å². The molecule has 0 aliphatic carbocycles. The molecule has 2 aromatic heterocycles. The molecule has 0 saturated heterocycles. The highest BCUT2D eigenvalue weighted by molar-refractivity contribution is 5.78. The normalized spacial score (nSPS) is 10.8. The molecular weight excluding hydrogens is 422 g/mol. The van der Waals surface area contributed by atoms with Crippen molar-refractivity contribution < 1.29 is 18.4 Å². The van der Waals surface area contributed by atoms with Crippen LogP contribution < -0.4 is 15.8 Å². The quantitative estimate of drug-likeness (QED) is 0.416. The zero-order valence-electron chi connectivity index (χ0n) is 18.7. The second-order valence-corrected chi connectivity index (χ2v) is 7.42. The molecule has 2 aromatic carbocycles. The molecule has 4 rings (SSSR count). The number of likely N-dealkylation sites (N-methyl/N-ethyl adjacent to an activating group) is 1. The summed E-state index contributed by atoms with van der Waals surface area (Å²) in [5, 5.41) is 3.16. The van der Waals surface area contributed by atoms with Crippen molar-refractivity contribution in [2.45, 2.75) is 13.5 Å². The first-order valence-corrected chi connectivity index (χ1v) is 10.3. The molecule has 1 amide bonds. The number of ether oxygens (including phenoxy) is 1. The fraction of sp³-hybridized carbons (Fsp3) is 0.208. The molecule has 0 saturated carbocycles. The van der Waals surface area contributed by atoms with E-state index in [4.69, 9.17) is 19.3 Å². The van der Waals surface area contributed by atoms with Crippen LogP contribution in [-0.4, -0.2) is 41.5 Å². The Morgan fingerprint density at radius 3 is 2.58 bits per heavy atom. The summed E-state index contributed by atoms with van der Waals surface area (Å²) in [6.45, 7) is 2.17. The van der Waals surface area contributed by atoms with Gasteiger partial charge in [0.2, 0.25) is 5.91 Å². The van der Waals surface area contributed by atoms with E-state index in [1.165, 1.54) is 0 Å². The Hall–Kier alpha value is -4.11. The zero-order valence-corrected chi connectivity index (χ0v) is 18.7. The SMILES string of the molecule is COc1cc(Nc2ncc(-c3ccccc3CN(C)C(=O)CN)o2)ccc1-c1cnc(C)o1. The first-order chi connectivity index (χ1) is 16.0. The summed E-state index contributed by atoms with van der Waals surface area (Å²) < 4.78 is 17.1. The fourth-order valence-corrected chi connectivity index (χ4v) is 3.44. The highest BCUT2D eigenvalue weighted by Crippen LogP contribution is 2.34. The van der Waals surface area contributed by atoms with Crippen molar-refractivity contribution in [3.8, 4) is 28.4 Å². The maximum Gasteiger partial charge on any atom is 0.299 e. The minimum Gasteiger partial charge on any atom is -0.496 e. The average Bonchev–Trinajstić information content (AvgIpc) is 3.47. The number of nitrogens with zero attached hydrogens (tertiary/aromatic N) is 3. The van der Waals surface area contributed by atoms with E-state index >= 15 is 0 Å². The Labute approximate surface area is 191 Å². The van der Waals surface area contributed by atoms with Gasteiger partial charge in [-0.1, -0.05) is 24.3 Å². The summed E-state index contributed by atoms with van der Waals surface area (Å²) in [4.78, 5) is 21.9. The molecule has 0 bridgehead atoms. The first kappa shape index (κ1) is 22.1. The summed E-state index contributed by atoms with van der Waals surface area (Å²) in [5.74, 6) is 2.29. The van der Waals surface area contributed by atoms with Gasteiger partial charge in [0.15, 0.2) is 17.4 Å². The number of hydrogen-bond donors (Lipinski definition) is 2. The number of amides is 1. The van der Waals surface area contributed by atoms with E-state index in [0.29, 0.717) is 35.7 Å². The van der Waals surface area contributed by atoms with E-state index in [-0.39, 0.29) is 12.5 Å². The Balaban J connectivity index is 1.55. The van der Waals surface area contributed by atoms with Gasteiger partial charge in [0.1, 0.15) is 5.75 Å². The van der Waals surface area contributed by atoms with Crippen molar-refractivity contribution in [1.82, 2.24) is 14.9 Å². The number of aromatic nitrogens is 2. The largest absolute Gasteiger partial charge is 0.496 e. The predicted octanol–water partition coefficient (Wildman–Crippen LogP) is 3.97. The van der Waals surface area contributed by atoms with Gasteiger partial charge in [-0.2, -0.15) is 0 Å². The van der Waals surface area contributed by atoms with Gasteiger partial charge in [-0.3, -0.25) is 4.79 Å². The van der Waals surface area contributed by atoms with Gasteiger partial charge >= 0.3 is 0 Å². The van der Waals surface area contributed by atoms with Gasteiger partial charge in [-0.25, -0.2) is 9.97 Å². The average molecular weight is 447 g/mol. The van der Waals surface area contributed by atoms with Crippen LogP contribution in [0.15, 0.2) is 63.7 Å². The van der Waals surface area contributed by atoms with Gasteiger partial charge in [0.05, 0.1) is 31.6 Å². The molecule has 9 heteroatoms. The number of anilines is 2. The van der Waals surface area contributed by atoms with Crippen molar-refractivity contribution >= 4 is 17.6 Å². The van der Waals surface area contributed by atoms with Gasteiger partial charge in [0, 0.05) is 37.8 Å². The number of nitrogens with two attached hydrogens (primary N) is 1. The molecule has 0 atom stereocenters. The number of carbonyl (C=O) groups is 1. The van der Waals surface area contributed by atoms with Crippen molar-refractivity contribution in [3.05, 3.63) is 66.3 Å². The molecule has 0 spiro atoms. The van der Waals surface area contributed by atoms with E-state index in [1.807, 2.05) is 42.5 Å². The number of nitrogens with one attached hydrogen (secondary N) is 1. The van der Waals surface area contributed by atoms with Crippen LogP contribution in [0.4, 0.5) is 11.7 Å². The number of methoxy groups -OCH3 is 1. The van der Waals surface area contributed by atoms with Gasteiger partial charge in [0.25, 0.3) is 6.01 Å². The Bertz CT molecular complexity index is 1260. The van der Waals surface area contributed by atoms with Crippen LogP contribution in [0, 0.1) is 6.92 Å². The Morgan fingerprint density at radius 2 is 1.85 bits per heavy atom. The molecule has 0 aliphatic heterocycles.